The summed E-state index contributed by atoms with van der Waals surface area (Å²) in [6, 6.07) is 0. The maximum Gasteiger partial charge on any atom is 2.00 e. The van der Waals surface area contributed by atoms with E-state index in [-0.39, 0.29) is 53.9 Å². The van der Waals surface area contributed by atoms with E-state index in [0.29, 0.717) is 34.6 Å². The van der Waals surface area contributed by atoms with Gasteiger partial charge in [0.05, 0.1) is 13.2 Å². The summed E-state index contributed by atoms with van der Waals surface area (Å²) in [7, 11) is 1.32. The summed E-state index contributed by atoms with van der Waals surface area (Å²) in [5, 5.41) is 18.7. The van der Waals surface area contributed by atoms with Gasteiger partial charge in [-0.3, -0.25) is 9.59 Å². The number of aliphatic hydroxyl groups is 1. The Hall–Kier alpha value is -3.99. The zero-order chi connectivity index (χ0) is 36.7. The molecular formula is C42H48MgN4O5-2. The fraction of sp³-hybridized carbons (Fsp3) is 0.429. The molecule has 270 valence electrons. The van der Waals surface area contributed by atoms with Crippen molar-refractivity contribution in [1.82, 2.24) is 15.0 Å². The van der Waals surface area contributed by atoms with Gasteiger partial charge in [0.25, 0.3) is 0 Å². The van der Waals surface area contributed by atoms with Crippen LogP contribution in [-0.2, 0) is 25.5 Å². The maximum absolute atomic E-state index is 13.5. The number of aliphatic hydroxyl groups excluding tert-OH is 1. The fourth-order valence-corrected chi connectivity index (χ4v) is 7.96. The van der Waals surface area contributed by atoms with Crippen molar-refractivity contribution < 1.29 is 24.2 Å². The quantitative estimate of drug-likeness (QED) is 0.164. The number of methoxy groups -OCH3 is 1. The van der Waals surface area contributed by atoms with Crippen LogP contribution in [0.15, 0.2) is 29.6 Å². The van der Waals surface area contributed by atoms with Crippen molar-refractivity contribution in [3.63, 3.8) is 0 Å². The molecule has 9 nitrogen and oxygen atoms in total. The molecule has 4 atom stereocenters. The van der Waals surface area contributed by atoms with Gasteiger partial charge in [-0.1, -0.05) is 91.5 Å². The summed E-state index contributed by atoms with van der Waals surface area (Å²) in [6.45, 7) is 18.7. The van der Waals surface area contributed by atoms with E-state index in [1.54, 1.807) is 0 Å². The third-order valence-corrected chi connectivity index (χ3v) is 10.9. The Balaban J connectivity index is 0.00000523. The number of carbonyl (C=O) groups excluding carboxylic acids is 2. The number of esters is 2. The van der Waals surface area contributed by atoms with Crippen LogP contribution in [0.4, 0.5) is 0 Å². The Morgan fingerprint density at radius 3 is 2.35 bits per heavy atom. The van der Waals surface area contributed by atoms with Crippen LogP contribution in [0.2, 0.25) is 0 Å². The van der Waals surface area contributed by atoms with Gasteiger partial charge in [-0.05, 0) is 76.0 Å². The molecule has 1 unspecified atom stereocenters. The molecule has 3 aromatic heterocycles. The smallest absolute Gasteiger partial charge is 0.664 e. The molecule has 1 fully saturated rings. The van der Waals surface area contributed by atoms with Crippen molar-refractivity contribution in [3.05, 3.63) is 102 Å². The number of fused-ring (bicyclic) bond motifs is 7. The molecule has 0 spiro atoms. The van der Waals surface area contributed by atoms with Gasteiger partial charge in [0.15, 0.2) is 0 Å². The van der Waals surface area contributed by atoms with Crippen LogP contribution in [0.25, 0.3) is 35.2 Å². The van der Waals surface area contributed by atoms with E-state index in [4.69, 9.17) is 29.7 Å². The molecule has 3 aliphatic rings. The molecule has 5 heterocycles. The summed E-state index contributed by atoms with van der Waals surface area (Å²) in [4.78, 5) is 41.7. The molecule has 52 heavy (non-hydrogen) atoms. The number of ether oxygens (including phenoxy) is 2. The molecule has 1 aliphatic carbocycles. The average molecular weight is 713 g/mol. The number of carbonyl (C=O) groups is 2. The molecule has 1 saturated heterocycles. The molecule has 0 amide bonds. The standard InChI is InChI=1S/C42H48N4O5.Mg/c1-10-13-21(4)16-17-51-35(47)15-14-28-24(7)31-18-29-22(5)26(11-2)33(43-29)19-30-23(6)27(12-3)34(44-30)20-32-25(8)36-40(46-32)37(39(28)45-31)38(41(36)48)42(49)50-9;/h11,16,18-20,24,28,38,41,48H,2,10,12-15,17H2,1,3-9H3;/q-4;+2/b21-16-,30-19-,31-18-,34-20-,39-37-;/t24-,28-,38+,41?;/m0./s1. The second kappa shape index (κ2) is 15.9. The fourth-order valence-electron chi connectivity index (χ4n) is 7.96. The summed E-state index contributed by atoms with van der Waals surface area (Å²) in [6.07, 6.45) is 12.0. The zero-order valence-electron chi connectivity index (χ0n) is 31.7. The molecule has 0 aromatic carbocycles. The van der Waals surface area contributed by atoms with Gasteiger partial charge in [-0.15, -0.1) is 33.5 Å². The number of aromatic nitrogens is 3. The van der Waals surface area contributed by atoms with Crippen LogP contribution in [0.5, 0.6) is 0 Å². The van der Waals surface area contributed by atoms with Gasteiger partial charge in [-0.25, -0.2) is 0 Å². The third kappa shape index (κ3) is 6.92. The van der Waals surface area contributed by atoms with Crippen LogP contribution in [-0.4, -0.2) is 53.8 Å². The number of hydrogen-bond acceptors (Lipinski definition) is 5. The molecule has 2 aliphatic heterocycles. The second-order valence-electron chi connectivity index (χ2n) is 14.0. The summed E-state index contributed by atoms with van der Waals surface area (Å²) < 4.78 is 10.9. The molecular weight excluding hydrogens is 665 g/mol. The Labute approximate surface area is 322 Å². The minimum Gasteiger partial charge on any atom is -0.664 e. The molecule has 0 radical (unpaired) electrons. The zero-order valence-corrected chi connectivity index (χ0v) is 33.1. The first-order valence-electron chi connectivity index (χ1n) is 18.0. The van der Waals surface area contributed by atoms with Crippen LogP contribution in [0, 0.1) is 38.5 Å². The predicted octanol–water partition coefficient (Wildman–Crippen LogP) is 5.58. The van der Waals surface area contributed by atoms with Crippen molar-refractivity contribution in [2.24, 2.45) is 17.8 Å². The third-order valence-electron chi connectivity index (χ3n) is 10.9. The number of rotatable bonds is 10. The normalized spacial score (nSPS) is 24.1. The van der Waals surface area contributed by atoms with Crippen molar-refractivity contribution in [1.29, 1.82) is 0 Å². The van der Waals surface area contributed by atoms with Crippen LogP contribution in [0.1, 0.15) is 116 Å². The Kier molecular flexibility index (Phi) is 12.0. The minimum absolute atomic E-state index is 0. The first-order chi connectivity index (χ1) is 24.4. The first kappa shape index (κ1) is 39.2. The monoisotopic (exact) mass is 712 g/mol. The number of allylic oxidation sites excluding steroid dienone is 3. The van der Waals surface area contributed by atoms with E-state index >= 15 is 0 Å². The molecule has 0 saturated carbocycles. The predicted molar refractivity (Wildman–Crippen MR) is 205 cm³/mol. The minimum atomic E-state index is -1.17. The molecule has 1 N–H and O–H groups in total. The van der Waals surface area contributed by atoms with Crippen molar-refractivity contribution in [2.75, 3.05) is 13.7 Å². The van der Waals surface area contributed by atoms with E-state index in [2.05, 4.69) is 34.3 Å². The number of nitrogens with zero attached hydrogens (tertiary/aromatic N) is 4. The largest absolute Gasteiger partial charge is 2.00 e. The van der Waals surface area contributed by atoms with Crippen molar-refractivity contribution in [2.45, 2.75) is 86.7 Å². The van der Waals surface area contributed by atoms with Gasteiger partial charge in [0, 0.05) is 6.42 Å². The topological polar surface area (TPSA) is 129 Å². The van der Waals surface area contributed by atoms with Crippen molar-refractivity contribution in [3.8, 4) is 0 Å². The first-order valence-corrected chi connectivity index (χ1v) is 18.0. The molecule has 10 heteroatoms. The Morgan fingerprint density at radius 2 is 1.67 bits per heavy atom. The Morgan fingerprint density at radius 1 is 0.962 bits per heavy atom. The van der Waals surface area contributed by atoms with Gasteiger partial charge in [0.1, 0.15) is 12.5 Å². The SMILES string of the molecule is C=Cc1c2[n-]c(c1C)/C=C1\[N-]/C(=C3\c4[n-]c(c(C)c4C(O)[C@@H]3C(=O)OC)/C=c3\[n-]/c(c(C)c3CC)=C\2)[C@@H](CCC(=O)OC/C=C(/C)CCC)[C@@H]1C.[Mg+2]. The summed E-state index contributed by atoms with van der Waals surface area (Å²) in [5.41, 5.74) is 11.3. The van der Waals surface area contributed by atoms with Gasteiger partial charge >= 0.3 is 35.0 Å². The molecule has 3 aromatic rings. The van der Waals surface area contributed by atoms with Crippen LogP contribution in [0.3, 0.4) is 0 Å². The van der Waals surface area contributed by atoms with Crippen LogP contribution < -0.4 is 25.7 Å². The van der Waals surface area contributed by atoms with E-state index in [1.807, 2.05) is 51.2 Å². The van der Waals surface area contributed by atoms with Gasteiger partial charge in [-0.2, -0.15) is 11.4 Å². The van der Waals surface area contributed by atoms with E-state index < -0.39 is 18.0 Å². The van der Waals surface area contributed by atoms with Gasteiger partial charge < -0.3 is 34.8 Å². The van der Waals surface area contributed by atoms with E-state index in [1.165, 1.54) is 12.7 Å². The molecule has 8 bridgehead atoms. The van der Waals surface area contributed by atoms with E-state index in [9.17, 15) is 14.7 Å². The number of hydrogen-bond donors (Lipinski definition) is 1. The maximum atomic E-state index is 13.5. The van der Waals surface area contributed by atoms with Crippen LogP contribution >= 0.6 is 0 Å². The van der Waals surface area contributed by atoms with Gasteiger partial charge in [0.2, 0.25) is 0 Å². The second-order valence-corrected chi connectivity index (χ2v) is 14.0. The van der Waals surface area contributed by atoms with E-state index in [0.717, 1.165) is 74.9 Å². The summed E-state index contributed by atoms with van der Waals surface area (Å²) >= 11 is 0. The molecule has 6 rings (SSSR count). The summed E-state index contributed by atoms with van der Waals surface area (Å²) in [5.74, 6) is -2.30. The average Bonchev–Trinajstić information content (AvgIpc) is 3.84. The Bertz CT molecular complexity index is 2120. The van der Waals surface area contributed by atoms with Crippen molar-refractivity contribution >= 4 is 64.9 Å².